The molecular weight excluding hydrogens is 326 g/mol. The number of para-hydroxylation sites is 1. The molecule has 0 bridgehead atoms. The maximum atomic E-state index is 5.31. The van der Waals surface area contributed by atoms with Gasteiger partial charge in [0.25, 0.3) is 0 Å². The van der Waals surface area contributed by atoms with Crippen LogP contribution in [0.4, 0.5) is 0 Å². The van der Waals surface area contributed by atoms with Crippen molar-refractivity contribution in [3.05, 3.63) is 84.9 Å². The van der Waals surface area contributed by atoms with Crippen molar-refractivity contribution < 1.29 is 21.8 Å². The smallest absolute Gasteiger partial charge is 0.516 e. The van der Waals surface area contributed by atoms with Gasteiger partial charge in [0.15, 0.2) is 0 Å². The molecule has 0 amide bonds. The van der Waals surface area contributed by atoms with Gasteiger partial charge in [0.1, 0.15) is 0 Å². The van der Waals surface area contributed by atoms with Gasteiger partial charge in [-0.25, -0.2) is 12.1 Å². The predicted octanol–water partition coefficient (Wildman–Crippen LogP) is 5.03. The summed E-state index contributed by atoms with van der Waals surface area (Å²) in [6, 6.07) is 28.2. The summed E-state index contributed by atoms with van der Waals surface area (Å²) in [5.74, 6) is 0.868. The van der Waals surface area contributed by atoms with E-state index in [0.29, 0.717) is 0 Å². The first kappa shape index (κ1) is 17.0. The molecule has 1 heterocycles. The molecule has 116 valence electrons. The second-order valence-electron chi connectivity index (χ2n) is 4.86. The second kappa shape index (κ2) is 8.33. The molecule has 0 aliphatic heterocycles. The van der Waals surface area contributed by atoms with E-state index in [4.69, 9.17) is 4.74 Å². The molecule has 0 N–H and O–H groups in total. The zero-order valence-corrected chi connectivity index (χ0v) is 13.9. The van der Waals surface area contributed by atoms with Crippen LogP contribution in [0.15, 0.2) is 84.9 Å². The molecule has 1 aromatic heterocycles. The Morgan fingerprint density at radius 3 is 2.39 bits per heavy atom. The van der Waals surface area contributed by atoms with Crippen LogP contribution in [0.25, 0.3) is 22.2 Å². The molecular formula is C20H17FeNO. The van der Waals surface area contributed by atoms with Gasteiger partial charge in [-0.05, 0) is 17.1 Å². The van der Waals surface area contributed by atoms with E-state index in [1.165, 1.54) is 0 Å². The summed E-state index contributed by atoms with van der Waals surface area (Å²) < 4.78 is 5.31. The summed E-state index contributed by atoms with van der Waals surface area (Å²) in [5, 5.41) is 1.15. The summed E-state index contributed by atoms with van der Waals surface area (Å²) in [5.41, 5.74) is 3.00. The Labute approximate surface area is 147 Å². The maximum Gasteiger partial charge on any atom is 2.00 e. The van der Waals surface area contributed by atoms with Crippen molar-refractivity contribution in [2.75, 3.05) is 7.11 Å². The van der Waals surface area contributed by atoms with Gasteiger partial charge in [-0.3, -0.25) is 4.98 Å². The fourth-order valence-corrected chi connectivity index (χ4v) is 2.33. The fraction of sp³-hybridized carbons (Fsp3) is 0.0500. The first-order valence-electron chi connectivity index (χ1n) is 7.21. The average Bonchev–Trinajstić information content (AvgIpc) is 3.28. The van der Waals surface area contributed by atoms with E-state index in [2.05, 4.69) is 17.1 Å². The van der Waals surface area contributed by atoms with Crippen molar-refractivity contribution >= 4 is 10.9 Å². The van der Waals surface area contributed by atoms with Crippen molar-refractivity contribution in [3.63, 3.8) is 0 Å². The molecule has 0 spiro atoms. The zero-order valence-electron chi connectivity index (χ0n) is 12.8. The Morgan fingerprint density at radius 2 is 1.70 bits per heavy atom. The summed E-state index contributed by atoms with van der Waals surface area (Å²) >= 11 is 0. The van der Waals surface area contributed by atoms with Gasteiger partial charge in [-0.15, -0.1) is 18.2 Å². The van der Waals surface area contributed by atoms with Gasteiger partial charge in [-0.2, -0.15) is 24.3 Å². The van der Waals surface area contributed by atoms with Crippen molar-refractivity contribution in [1.29, 1.82) is 0 Å². The number of hydrogen-bond donors (Lipinski definition) is 0. The molecule has 0 aliphatic carbocycles. The minimum Gasteiger partial charge on any atom is -0.516 e. The van der Waals surface area contributed by atoms with Crippen LogP contribution in [0.2, 0.25) is 0 Å². The number of aromatic nitrogens is 1. The van der Waals surface area contributed by atoms with E-state index in [1.807, 2.05) is 72.8 Å². The van der Waals surface area contributed by atoms with Crippen molar-refractivity contribution in [1.82, 2.24) is 4.98 Å². The molecule has 0 saturated carbocycles. The van der Waals surface area contributed by atoms with Gasteiger partial charge >= 0.3 is 17.1 Å². The van der Waals surface area contributed by atoms with E-state index in [0.717, 1.165) is 27.9 Å². The van der Waals surface area contributed by atoms with E-state index >= 15 is 0 Å². The molecule has 0 radical (unpaired) electrons. The average molecular weight is 343 g/mol. The van der Waals surface area contributed by atoms with Crippen LogP contribution < -0.4 is 4.74 Å². The van der Waals surface area contributed by atoms with Crippen LogP contribution in [-0.4, -0.2) is 12.1 Å². The molecule has 4 aromatic rings. The first-order valence-corrected chi connectivity index (χ1v) is 7.21. The third-order valence-corrected chi connectivity index (χ3v) is 3.43. The number of rotatable bonds is 2. The predicted molar refractivity (Wildman–Crippen MR) is 91.4 cm³/mol. The van der Waals surface area contributed by atoms with Gasteiger partial charge in [0.2, 0.25) is 0 Å². The Bertz CT molecular complexity index is 816. The van der Waals surface area contributed by atoms with Gasteiger partial charge in [-0.1, -0.05) is 29.8 Å². The first-order chi connectivity index (χ1) is 10.9. The Morgan fingerprint density at radius 1 is 0.913 bits per heavy atom. The van der Waals surface area contributed by atoms with Gasteiger partial charge < -0.3 is 4.74 Å². The molecule has 0 atom stereocenters. The van der Waals surface area contributed by atoms with Crippen LogP contribution in [0.5, 0.6) is 5.75 Å². The monoisotopic (exact) mass is 343 g/mol. The molecule has 0 fully saturated rings. The molecule has 23 heavy (non-hydrogen) atoms. The van der Waals surface area contributed by atoms with Crippen molar-refractivity contribution in [3.8, 4) is 17.0 Å². The number of nitrogens with zero attached hydrogens (tertiary/aromatic N) is 1. The molecule has 3 aromatic carbocycles. The van der Waals surface area contributed by atoms with Crippen LogP contribution in [0.3, 0.4) is 0 Å². The zero-order chi connectivity index (χ0) is 15.2. The molecule has 4 rings (SSSR count). The normalized spacial score (nSPS) is 9.61. The number of benzene rings is 1. The van der Waals surface area contributed by atoms with Crippen LogP contribution in [-0.2, 0) is 17.1 Å². The summed E-state index contributed by atoms with van der Waals surface area (Å²) in [7, 11) is 1.68. The van der Waals surface area contributed by atoms with Gasteiger partial charge in [0, 0.05) is 5.75 Å². The number of fused-ring (bicyclic) bond motifs is 1. The van der Waals surface area contributed by atoms with Crippen LogP contribution >= 0.6 is 0 Å². The van der Waals surface area contributed by atoms with E-state index in [9.17, 15) is 0 Å². The largest absolute Gasteiger partial charge is 2.00 e. The Balaban J connectivity index is 0.000000276. The Hall–Kier alpha value is -2.35. The van der Waals surface area contributed by atoms with Crippen LogP contribution in [0.1, 0.15) is 0 Å². The van der Waals surface area contributed by atoms with E-state index < -0.39 is 0 Å². The molecule has 3 heteroatoms. The number of pyridine rings is 1. The molecule has 0 saturated heterocycles. The topological polar surface area (TPSA) is 22.1 Å². The molecule has 0 aliphatic rings. The van der Waals surface area contributed by atoms with Crippen molar-refractivity contribution in [2.24, 2.45) is 0 Å². The molecule has 2 nitrogen and oxygen atoms in total. The summed E-state index contributed by atoms with van der Waals surface area (Å²) in [6.07, 6.45) is 0. The standard InChI is InChI=1S/C15H12NO.C5H5.Fe/c1-17-15-8-4-6-12(15)14-10-9-11-5-2-3-7-13(11)16-14;1-2-4-5-3-1;/h2-10H,1H3;1-5H;/q2*-1;+2. The molecule has 0 unspecified atom stereocenters. The SMILES string of the molecule is COc1ccc[c-]1-c1ccc2ccccc2n1.[Fe+2].c1cc[cH-]c1. The fourth-order valence-electron chi connectivity index (χ4n) is 2.33. The third kappa shape index (κ3) is 4.10. The van der Waals surface area contributed by atoms with Gasteiger partial charge in [0.05, 0.1) is 12.6 Å². The number of ether oxygens (including phenoxy) is 1. The van der Waals surface area contributed by atoms with E-state index in [1.54, 1.807) is 7.11 Å². The minimum absolute atomic E-state index is 0. The third-order valence-electron chi connectivity index (χ3n) is 3.43. The van der Waals surface area contributed by atoms with E-state index in [-0.39, 0.29) is 17.1 Å². The number of hydrogen-bond acceptors (Lipinski definition) is 2. The minimum atomic E-state index is 0. The number of methoxy groups -OCH3 is 1. The second-order valence-corrected chi connectivity index (χ2v) is 4.86. The Kier molecular flexibility index (Phi) is 6.16. The van der Waals surface area contributed by atoms with Crippen LogP contribution in [0, 0.1) is 0 Å². The quantitative estimate of drug-likeness (QED) is 0.376. The summed E-state index contributed by atoms with van der Waals surface area (Å²) in [6.45, 7) is 0. The maximum absolute atomic E-state index is 5.31. The summed E-state index contributed by atoms with van der Waals surface area (Å²) in [4.78, 5) is 4.65. The van der Waals surface area contributed by atoms with Crippen molar-refractivity contribution in [2.45, 2.75) is 0 Å².